The Labute approximate surface area is 241 Å². The molecule has 5 aliphatic carbocycles. The summed E-state index contributed by atoms with van der Waals surface area (Å²) in [6, 6.07) is 0. The molecule has 6 heteroatoms. The standard InChI is InChI=1S/C34H52O6/c1-19(2)20(3)9-10-21(4)26-11-12-27-29-28(14-15-32(26,27)8)33-16-13-25(38-22(5)35)17-34(33,18-33)31(40-24(7)37)30(29)39-23(6)36/h9-10,19-21,25-31H,11-18H2,1-8H3/b10-9+/t20?,21-,25+,26-,27+,28+,29+,30+,31-,32-,33+,34-/m1/s1. The Hall–Kier alpha value is -1.85. The molecule has 5 aliphatic rings. The van der Waals surface area contributed by atoms with Gasteiger partial charge in [0, 0.05) is 32.1 Å². The molecule has 6 nitrogen and oxygen atoms in total. The highest BCUT2D eigenvalue weighted by Crippen LogP contribution is 2.84. The highest BCUT2D eigenvalue weighted by atomic mass is 16.6. The number of fused-ring (bicyclic) bond motifs is 3. The maximum atomic E-state index is 12.6. The van der Waals surface area contributed by atoms with Gasteiger partial charge < -0.3 is 14.2 Å². The second kappa shape index (κ2) is 10.5. The van der Waals surface area contributed by atoms with E-state index in [0.717, 1.165) is 32.1 Å². The number of carbonyl (C=O) groups is 3. The third kappa shape index (κ3) is 4.64. The van der Waals surface area contributed by atoms with Gasteiger partial charge in [0.05, 0.1) is 0 Å². The van der Waals surface area contributed by atoms with Gasteiger partial charge in [0.1, 0.15) is 18.3 Å². The van der Waals surface area contributed by atoms with Gasteiger partial charge >= 0.3 is 17.9 Å². The third-order valence-electron chi connectivity index (χ3n) is 12.7. The van der Waals surface area contributed by atoms with Crippen molar-refractivity contribution in [2.75, 3.05) is 0 Å². The molecular formula is C34H52O6. The van der Waals surface area contributed by atoms with E-state index >= 15 is 0 Å². The number of esters is 3. The Morgan fingerprint density at radius 3 is 2.08 bits per heavy atom. The molecule has 0 bridgehead atoms. The van der Waals surface area contributed by atoms with E-state index in [2.05, 4.69) is 46.8 Å². The second-order valence-electron chi connectivity index (χ2n) is 14.9. The Morgan fingerprint density at radius 2 is 1.45 bits per heavy atom. The Kier molecular flexibility index (Phi) is 7.74. The van der Waals surface area contributed by atoms with E-state index < -0.39 is 12.2 Å². The van der Waals surface area contributed by atoms with Crippen molar-refractivity contribution in [2.45, 2.75) is 125 Å². The van der Waals surface area contributed by atoms with Crippen molar-refractivity contribution in [1.29, 1.82) is 0 Å². The monoisotopic (exact) mass is 556 g/mol. The number of hydrogen-bond donors (Lipinski definition) is 0. The quantitative estimate of drug-likeness (QED) is 0.193. The van der Waals surface area contributed by atoms with Crippen LogP contribution in [0.2, 0.25) is 0 Å². The van der Waals surface area contributed by atoms with Gasteiger partial charge in [0.15, 0.2) is 0 Å². The predicted molar refractivity (Wildman–Crippen MR) is 153 cm³/mol. The average molecular weight is 557 g/mol. The number of ether oxygens (including phenoxy) is 3. The van der Waals surface area contributed by atoms with Gasteiger partial charge in [-0.3, -0.25) is 14.4 Å². The van der Waals surface area contributed by atoms with Gasteiger partial charge in [-0.15, -0.1) is 0 Å². The van der Waals surface area contributed by atoms with Crippen LogP contribution in [-0.4, -0.2) is 36.2 Å². The molecule has 5 rings (SSSR count). The molecule has 0 N–H and O–H groups in total. The van der Waals surface area contributed by atoms with Crippen LogP contribution < -0.4 is 0 Å². The maximum Gasteiger partial charge on any atom is 0.303 e. The summed E-state index contributed by atoms with van der Waals surface area (Å²) in [5.74, 6) is 2.41. The van der Waals surface area contributed by atoms with Gasteiger partial charge in [0.2, 0.25) is 0 Å². The molecule has 40 heavy (non-hydrogen) atoms. The van der Waals surface area contributed by atoms with Crippen LogP contribution in [0.25, 0.3) is 0 Å². The molecular weight excluding hydrogens is 504 g/mol. The van der Waals surface area contributed by atoms with E-state index in [9.17, 15) is 14.4 Å². The largest absolute Gasteiger partial charge is 0.463 e. The van der Waals surface area contributed by atoms with E-state index in [4.69, 9.17) is 14.2 Å². The lowest BCUT2D eigenvalue weighted by molar-refractivity contribution is -0.221. The molecule has 0 aromatic carbocycles. The normalized spacial score (nSPS) is 45.0. The van der Waals surface area contributed by atoms with Gasteiger partial charge in [-0.1, -0.05) is 46.8 Å². The van der Waals surface area contributed by atoms with Crippen molar-refractivity contribution < 1.29 is 28.6 Å². The Bertz CT molecular complexity index is 1050. The van der Waals surface area contributed by atoms with Crippen LogP contribution in [0.5, 0.6) is 0 Å². The molecule has 0 aliphatic heterocycles. The van der Waals surface area contributed by atoms with Crippen LogP contribution in [0.4, 0.5) is 0 Å². The number of allylic oxidation sites excluding steroid dienone is 2. The van der Waals surface area contributed by atoms with Crippen LogP contribution in [0.15, 0.2) is 12.2 Å². The first-order chi connectivity index (χ1) is 18.8. The molecule has 0 radical (unpaired) electrons. The first-order valence-electron chi connectivity index (χ1n) is 16.0. The summed E-state index contributed by atoms with van der Waals surface area (Å²) in [6.45, 7) is 16.2. The zero-order chi connectivity index (χ0) is 29.2. The second-order valence-corrected chi connectivity index (χ2v) is 14.9. The van der Waals surface area contributed by atoms with E-state index in [-0.39, 0.29) is 46.2 Å². The van der Waals surface area contributed by atoms with Gasteiger partial charge in [-0.05, 0) is 97.7 Å². The molecule has 0 saturated heterocycles. The number of rotatable bonds is 7. The minimum absolute atomic E-state index is 0.0721. The van der Waals surface area contributed by atoms with E-state index in [1.807, 2.05) is 0 Å². The van der Waals surface area contributed by atoms with E-state index in [0.29, 0.717) is 41.9 Å². The fraction of sp³-hybridized carbons (Fsp3) is 0.853. The molecule has 0 heterocycles. The first-order valence-corrected chi connectivity index (χ1v) is 16.0. The first kappa shape index (κ1) is 29.6. The molecule has 0 aromatic rings. The van der Waals surface area contributed by atoms with Crippen LogP contribution in [0.3, 0.4) is 0 Å². The molecule has 5 fully saturated rings. The third-order valence-corrected chi connectivity index (χ3v) is 12.7. The number of hydrogen-bond acceptors (Lipinski definition) is 6. The highest BCUT2D eigenvalue weighted by molar-refractivity contribution is 5.68. The molecule has 0 amide bonds. The molecule has 224 valence electrons. The maximum absolute atomic E-state index is 12.6. The summed E-state index contributed by atoms with van der Waals surface area (Å²) in [6.07, 6.45) is 11.9. The minimum Gasteiger partial charge on any atom is -0.463 e. The van der Waals surface area contributed by atoms with Crippen molar-refractivity contribution >= 4 is 17.9 Å². The summed E-state index contributed by atoms with van der Waals surface area (Å²) >= 11 is 0. The van der Waals surface area contributed by atoms with Gasteiger partial charge in [0.25, 0.3) is 0 Å². The number of carbonyl (C=O) groups excluding carboxylic acids is 3. The molecule has 12 atom stereocenters. The van der Waals surface area contributed by atoms with Crippen molar-refractivity contribution in [3.05, 3.63) is 12.2 Å². The molecule has 1 unspecified atom stereocenters. The Morgan fingerprint density at radius 1 is 0.775 bits per heavy atom. The average Bonchev–Trinajstić information content (AvgIpc) is 3.43. The van der Waals surface area contributed by atoms with Crippen LogP contribution in [-0.2, 0) is 28.6 Å². The van der Waals surface area contributed by atoms with E-state index in [1.165, 1.54) is 33.6 Å². The topological polar surface area (TPSA) is 78.9 Å². The lowest BCUT2D eigenvalue weighted by Crippen LogP contribution is -2.62. The van der Waals surface area contributed by atoms with Crippen LogP contribution >= 0.6 is 0 Å². The lowest BCUT2D eigenvalue weighted by Gasteiger charge is -2.59. The molecule has 0 aromatic heterocycles. The lowest BCUT2D eigenvalue weighted by atomic mass is 9.47. The molecule has 5 saturated carbocycles. The zero-order valence-electron chi connectivity index (χ0n) is 26.0. The SMILES string of the molecule is CC(=O)O[C@H]1CC[C@@]23C[C@]2(C1)[C@H](OC(C)=O)[C@@H](OC(C)=O)[C@H]1[C@@H]2CC[C@H]([C@H](C)/C=C/C(C)C(C)C)[C@@]2(C)CC[C@@H]13. The highest BCUT2D eigenvalue weighted by Gasteiger charge is 2.83. The van der Waals surface area contributed by atoms with Crippen molar-refractivity contribution in [1.82, 2.24) is 0 Å². The van der Waals surface area contributed by atoms with Crippen molar-refractivity contribution in [2.24, 2.45) is 57.7 Å². The van der Waals surface area contributed by atoms with Gasteiger partial charge in [-0.25, -0.2) is 0 Å². The van der Waals surface area contributed by atoms with Crippen LogP contribution in [0.1, 0.15) is 107 Å². The van der Waals surface area contributed by atoms with Crippen molar-refractivity contribution in [3.63, 3.8) is 0 Å². The van der Waals surface area contributed by atoms with Crippen molar-refractivity contribution in [3.8, 4) is 0 Å². The summed E-state index contributed by atoms with van der Waals surface area (Å²) in [7, 11) is 0. The Balaban J connectivity index is 1.50. The summed E-state index contributed by atoms with van der Waals surface area (Å²) < 4.78 is 18.2. The fourth-order valence-corrected chi connectivity index (χ4v) is 10.7. The minimum atomic E-state index is -0.487. The summed E-state index contributed by atoms with van der Waals surface area (Å²) in [5.41, 5.74) is -0.0541. The smallest absolute Gasteiger partial charge is 0.303 e. The summed E-state index contributed by atoms with van der Waals surface area (Å²) in [4.78, 5) is 37.0. The molecule has 0 spiro atoms. The van der Waals surface area contributed by atoms with E-state index in [1.54, 1.807) is 0 Å². The fourth-order valence-electron chi connectivity index (χ4n) is 10.7. The van der Waals surface area contributed by atoms with Crippen LogP contribution in [0, 0.1) is 57.7 Å². The predicted octanol–water partition coefficient (Wildman–Crippen LogP) is 6.90. The summed E-state index contributed by atoms with van der Waals surface area (Å²) in [5, 5.41) is 0. The van der Waals surface area contributed by atoms with Gasteiger partial charge in [-0.2, -0.15) is 0 Å². The zero-order valence-corrected chi connectivity index (χ0v) is 26.0.